The minimum absolute atomic E-state index is 0.0140. The molecule has 0 aromatic heterocycles. The van der Waals surface area contributed by atoms with Crippen LogP contribution >= 0.6 is 0 Å². The third kappa shape index (κ3) is 7.25. The second kappa shape index (κ2) is 10.8. The van der Waals surface area contributed by atoms with Crippen LogP contribution in [0.5, 0.6) is 11.5 Å². The van der Waals surface area contributed by atoms with Crippen molar-refractivity contribution in [3.05, 3.63) is 65.7 Å². The molecule has 2 aromatic rings. The van der Waals surface area contributed by atoms with Crippen molar-refractivity contribution in [2.75, 3.05) is 7.11 Å². The number of esters is 1. The van der Waals surface area contributed by atoms with Gasteiger partial charge in [0.1, 0.15) is 11.5 Å². The van der Waals surface area contributed by atoms with Crippen LogP contribution in [0.2, 0.25) is 0 Å². The van der Waals surface area contributed by atoms with Crippen LogP contribution in [0.4, 0.5) is 8.78 Å². The van der Waals surface area contributed by atoms with E-state index in [2.05, 4.69) is 10.1 Å². The van der Waals surface area contributed by atoms with E-state index in [0.29, 0.717) is 11.3 Å². The average molecular weight is 405 g/mol. The number of hydrogen-bond acceptors (Lipinski definition) is 5. The number of carbonyl (C=O) groups excluding carboxylic acids is 2. The highest BCUT2D eigenvalue weighted by Gasteiger charge is 2.16. The monoisotopic (exact) mass is 405 g/mol. The summed E-state index contributed by atoms with van der Waals surface area (Å²) in [5, 5.41) is 2.68. The third-order valence-electron chi connectivity index (χ3n) is 3.82. The van der Waals surface area contributed by atoms with Crippen LogP contribution < -0.4 is 14.8 Å². The third-order valence-corrected chi connectivity index (χ3v) is 3.82. The van der Waals surface area contributed by atoms with Gasteiger partial charge in [-0.2, -0.15) is 8.78 Å². The quantitative estimate of drug-likeness (QED) is 0.510. The normalized spacial score (nSPS) is 11.9. The number of methoxy groups -OCH3 is 1. The minimum atomic E-state index is -2.90. The maximum atomic E-state index is 12.1. The van der Waals surface area contributed by atoms with Gasteiger partial charge >= 0.3 is 12.6 Å². The van der Waals surface area contributed by atoms with Crippen molar-refractivity contribution in [3.8, 4) is 11.5 Å². The Morgan fingerprint density at radius 3 is 2.45 bits per heavy atom. The van der Waals surface area contributed by atoms with E-state index in [1.54, 1.807) is 6.07 Å². The molecule has 1 atom stereocenters. The summed E-state index contributed by atoms with van der Waals surface area (Å²) in [6.07, 6.45) is 1.59. The maximum Gasteiger partial charge on any atom is 0.387 e. The molecule has 6 nitrogen and oxygen atoms in total. The standard InChI is InChI=1S/C21H21F2NO5/c1-14(20(26)24-13-16-5-3-4-6-18(16)27-2)28-19(25)12-9-15-7-10-17(11-8-15)29-21(22)23/h3-12,14,21H,13H2,1-2H3,(H,24,26)/b12-9+/t14-/m0/s1. The van der Waals surface area contributed by atoms with E-state index in [9.17, 15) is 18.4 Å². The summed E-state index contributed by atoms with van der Waals surface area (Å²) in [7, 11) is 1.54. The van der Waals surface area contributed by atoms with Crippen LogP contribution in [0.25, 0.3) is 6.08 Å². The number of rotatable bonds is 9. The van der Waals surface area contributed by atoms with Gasteiger partial charge in [0.15, 0.2) is 6.10 Å². The van der Waals surface area contributed by atoms with Gasteiger partial charge in [0.2, 0.25) is 0 Å². The van der Waals surface area contributed by atoms with E-state index in [4.69, 9.17) is 9.47 Å². The summed E-state index contributed by atoms with van der Waals surface area (Å²) in [5.74, 6) is -0.505. The van der Waals surface area contributed by atoms with Crippen molar-refractivity contribution in [1.82, 2.24) is 5.32 Å². The van der Waals surface area contributed by atoms with Crippen molar-refractivity contribution in [3.63, 3.8) is 0 Å². The summed E-state index contributed by atoms with van der Waals surface area (Å²) in [4.78, 5) is 24.0. The number of hydrogen-bond donors (Lipinski definition) is 1. The summed E-state index contributed by atoms with van der Waals surface area (Å²) < 4.78 is 38.7. The van der Waals surface area contributed by atoms with E-state index in [1.807, 2.05) is 18.2 Å². The molecule has 0 saturated heterocycles. The number of carbonyl (C=O) groups is 2. The van der Waals surface area contributed by atoms with Gasteiger partial charge in [-0.3, -0.25) is 4.79 Å². The van der Waals surface area contributed by atoms with Crippen molar-refractivity contribution >= 4 is 18.0 Å². The van der Waals surface area contributed by atoms with E-state index < -0.39 is 24.6 Å². The highest BCUT2D eigenvalue weighted by molar-refractivity contribution is 5.90. The molecule has 0 aliphatic carbocycles. The Kier molecular flexibility index (Phi) is 8.14. The van der Waals surface area contributed by atoms with Crippen LogP contribution in [0.15, 0.2) is 54.6 Å². The first kappa shape index (κ1) is 21.9. The summed E-state index contributed by atoms with van der Waals surface area (Å²) in [5.41, 5.74) is 1.37. The number of para-hydroxylation sites is 1. The predicted molar refractivity (Wildman–Crippen MR) is 103 cm³/mol. The highest BCUT2D eigenvalue weighted by Crippen LogP contribution is 2.17. The Morgan fingerprint density at radius 1 is 1.10 bits per heavy atom. The molecule has 0 aliphatic rings. The Balaban J connectivity index is 1.83. The molecule has 0 radical (unpaired) electrons. The fraction of sp³-hybridized carbons (Fsp3) is 0.238. The molecule has 0 bridgehead atoms. The fourth-order valence-electron chi connectivity index (χ4n) is 2.37. The Morgan fingerprint density at radius 2 is 1.79 bits per heavy atom. The van der Waals surface area contributed by atoms with E-state index >= 15 is 0 Å². The smallest absolute Gasteiger partial charge is 0.387 e. The lowest BCUT2D eigenvalue weighted by Crippen LogP contribution is -2.35. The Bertz CT molecular complexity index is 852. The van der Waals surface area contributed by atoms with Gasteiger partial charge in [-0.1, -0.05) is 30.3 Å². The maximum absolute atomic E-state index is 12.1. The molecule has 8 heteroatoms. The molecule has 29 heavy (non-hydrogen) atoms. The highest BCUT2D eigenvalue weighted by atomic mass is 19.3. The first-order valence-electron chi connectivity index (χ1n) is 8.72. The fourth-order valence-corrected chi connectivity index (χ4v) is 2.37. The van der Waals surface area contributed by atoms with Crippen LogP contribution in [-0.2, 0) is 20.9 Å². The second-order valence-electron chi connectivity index (χ2n) is 5.89. The number of halogens is 2. The lowest BCUT2D eigenvalue weighted by molar-refractivity contribution is -0.150. The van der Waals surface area contributed by atoms with Gasteiger partial charge in [0.05, 0.1) is 7.11 Å². The van der Waals surface area contributed by atoms with Crippen LogP contribution in [0.1, 0.15) is 18.1 Å². The second-order valence-corrected chi connectivity index (χ2v) is 5.89. The zero-order valence-electron chi connectivity index (χ0n) is 15.9. The molecule has 0 aliphatic heterocycles. The van der Waals surface area contributed by atoms with Gasteiger partial charge in [0.25, 0.3) is 5.91 Å². The van der Waals surface area contributed by atoms with Gasteiger partial charge < -0.3 is 19.5 Å². The minimum Gasteiger partial charge on any atom is -0.496 e. The molecular formula is C21H21F2NO5. The van der Waals surface area contributed by atoms with E-state index in [0.717, 1.165) is 11.6 Å². The summed E-state index contributed by atoms with van der Waals surface area (Å²) >= 11 is 0. The zero-order chi connectivity index (χ0) is 21.2. The number of ether oxygens (including phenoxy) is 3. The summed E-state index contributed by atoms with van der Waals surface area (Å²) in [6.45, 7) is -1.21. The molecule has 0 heterocycles. The topological polar surface area (TPSA) is 73.9 Å². The van der Waals surface area contributed by atoms with Gasteiger partial charge in [-0.05, 0) is 36.8 Å². The van der Waals surface area contributed by atoms with Crippen molar-refractivity contribution in [1.29, 1.82) is 0 Å². The zero-order valence-corrected chi connectivity index (χ0v) is 15.9. The van der Waals surface area contributed by atoms with Gasteiger partial charge in [-0.25, -0.2) is 4.79 Å². The van der Waals surface area contributed by atoms with Crippen molar-refractivity contribution in [2.45, 2.75) is 26.2 Å². The van der Waals surface area contributed by atoms with Crippen LogP contribution in [0, 0.1) is 0 Å². The molecular weight excluding hydrogens is 384 g/mol. The molecule has 2 rings (SSSR count). The Hall–Kier alpha value is -3.42. The molecule has 0 spiro atoms. The lowest BCUT2D eigenvalue weighted by Gasteiger charge is -2.13. The van der Waals surface area contributed by atoms with E-state index in [1.165, 1.54) is 44.4 Å². The molecule has 1 amide bonds. The predicted octanol–water partition coefficient (Wildman–Crippen LogP) is 3.56. The van der Waals surface area contributed by atoms with Gasteiger partial charge in [-0.15, -0.1) is 0 Å². The first-order chi connectivity index (χ1) is 13.9. The van der Waals surface area contributed by atoms with Crippen molar-refractivity contribution in [2.24, 2.45) is 0 Å². The molecule has 154 valence electrons. The average Bonchev–Trinajstić information content (AvgIpc) is 2.71. The van der Waals surface area contributed by atoms with Crippen LogP contribution in [0.3, 0.4) is 0 Å². The number of benzene rings is 2. The Labute approximate surface area is 167 Å². The van der Waals surface area contributed by atoms with Gasteiger partial charge in [0, 0.05) is 18.2 Å². The first-order valence-corrected chi connectivity index (χ1v) is 8.72. The molecule has 0 unspecified atom stereocenters. The SMILES string of the molecule is COc1ccccc1CNC(=O)[C@H](C)OC(=O)/C=C/c1ccc(OC(F)F)cc1. The number of alkyl halides is 2. The van der Waals surface area contributed by atoms with Crippen LogP contribution in [-0.4, -0.2) is 31.7 Å². The van der Waals surface area contributed by atoms with E-state index in [-0.39, 0.29) is 12.3 Å². The lowest BCUT2D eigenvalue weighted by atomic mass is 10.2. The molecule has 0 fully saturated rings. The number of nitrogens with one attached hydrogen (secondary N) is 1. The van der Waals surface area contributed by atoms with Crippen molar-refractivity contribution < 1.29 is 32.6 Å². The number of amides is 1. The summed E-state index contributed by atoms with van der Waals surface area (Å²) in [6, 6.07) is 13.0. The molecule has 1 N–H and O–H groups in total. The molecule has 2 aromatic carbocycles. The molecule has 0 saturated carbocycles. The largest absolute Gasteiger partial charge is 0.496 e.